The highest BCUT2D eigenvalue weighted by atomic mass is 32.2. The lowest BCUT2D eigenvalue weighted by atomic mass is 10.2. The first-order valence-corrected chi connectivity index (χ1v) is 16.9. The summed E-state index contributed by atoms with van der Waals surface area (Å²) in [5.41, 5.74) is 6.47. The number of benzene rings is 3. The number of aromatic nitrogens is 8. The van der Waals surface area contributed by atoms with Crippen LogP contribution in [-0.2, 0) is 24.1 Å². The first kappa shape index (κ1) is 31.7. The maximum atomic E-state index is 12.2. The number of hydrogen-bond acceptors (Lipinski definition) is 11. The lowest BCUT2D eigenvalue weighted by molar-refractivity contribution is 0.597. The molecule has 0 fully saturated rings. The van der Waals surface area contributed by atoms with Crippen molar-refractivity contribution in [2.24, 2.45) is 19.2 Å². The molecule has 49 heavy (non-hydrogen) atoms. The van der Waals surface area contributed by atoms with E-state index in [-0.39, 0.29) is 10.8 Å². The van der Waals surface area contributed by atoms with Gasteiger partial charge >= 0.3 is 0 Å². The second-order valence-electron chi connectivity index (χ2n) is 11.8. The highest BCUT2D eigenvalue weighted by Crippen LogP contribution is 2.35. The second kappa shape index (κ2) is 11.9. The number of nitrogens with one attached hydrogen (secondary N) is 1. The van der Waals surface area contributed by atoms with Crippen molar-refractivity contribution in [3.63, 3.8) is 0 Å². The first-order chi connectivity index (χ1) is 23.4. The molecule has 3 N–H and O–H groups in total. The SMILES string of the molecule is Cc1ccc(Nc2nccc(N(c3ccc4c(C)n(C)nc4c3)c3nccc(N(C)c4ccc5c(C)n(C)nc5c4)n3)n2)cc1S(N)(=O)=O. The fraction of sp³-hybridized carbons (Fsp3) is 0.176. The molecule has 0 bridgehead atoms. The van der Waals surface area contributed by atoms with E-state index in [1.54, 1.807) is 37.5 Å². The molecule has 0 spiro atoms. The lowest BCUT2D eigenvalue weighted by Crippen LogP contribution is -2.18. The number of nitrogens with zero attached hydrogens (tertiary/aromatic N) is 10. The van der Waals surface area contributed by atoms with E-state index in [9.17, 15) is 8.42 Å². The van der Waals surface area contributed by atoms with Crippen LogP contribution in [0, 0.1) is 20.8 Å². The molecule has 0 aliphatic heterocycles. The van der Waals surface area contributed by atoms with E-state index >= 15 is 0 Å². The highest BCUT2D eigenvalue weighted by molar-refractivity contribution is 7.89. The Morgan fingerprint density at radius 3 is 2.02 bits per heavy atom. The van der Waals surface area contributed by atoms with Crippen LogP contribution in [0.5, 0.6) is 0 Å². The van der Waals surface area contributed by atoms with Crippen LogP contribution in [0.3, 0.4) is 0 Å². The molecule has 0 aliphatic rings. The number of nitrogens with two attached hydrogens (primary N) is 1. The maximum Gasteiger partial charge on any atom is 0.238 e. The van der Waals surface area contributed by atoms with Crippen molar-refractivity contribution in [3.8, 4) is 0 Å². The van der Waals surface area contributed by atoms with Crippen molar-refractivity contribution in [2.45, 2.75) is 25.7 Å². The molecule has 0 saturated heterocycles. The lowest BCUT2D eigenvalue weighted by Gasteiger charge is -2.24. The number of sulfonamides is 1. The average molecular weight is 675 g/mol. The summed E-state index contributed by atoms with van der Waals surface area (Å²) in [7, 11) is 1.86. The van der Waals surface area contributed by atoms with Crippen molar-refractivity contribution in [3.05, 3.63) is 96.1 Å². The standard InChI is InChI=1S/C34H34N12O2S/c1-20-7-8-23(17-30(20)49(35,47)48)38-33-36-15-14-32(39-33)46(25-10-12-27-22(3)45(6)42-29(27)19-25)34-37-16-13-31(40-34)43(4)24-9-11-26-21(2)44(5)41-28(26)18-24/h7-19H,1-6H3,(H2,35,47,48)(H,36,38,39). The molecule has 4 heterocycles. The Balaban J connectivity index is 1.31. The Labute approximate surface area is 282 Å². The topological polar surface area (TPSA) is 166 Å². The third-order valence-electron chi connectivity index (χ3n) is 8.67. The summed E-state index contributed by atoms with van der Waals surface area (Å²) in [6.45, 7) is 5.75. The summed E-state index contributed by atoms with van der Waals surface area (Å²) >= 11 is 0. The summed E-state index contributed by atoms with van der Waals surface area (Å²) in [6.07, 6.45) is 3.31. The normalized spacial score (nSPS) is 11.7. The zero-order chi connectivity index (χ0) is 34.6. The number of aryl methyl sites for hydroxylation is 5. The fourth-order valence-electron chi connectivity index (χ4n) is 5.75. The van der Waals surface area contributed by atoms with Crippen molar-refractivity contribution < 1.29 is 8.42 Å². The van der Waals surface area contributed by atoms with Gasteiger partial charge in [-0.15, -0.1) is 0 Å². The van der Waals surface area contributed by atoms with Crippen LogP contribution in [0.1, 0.15) is 17.0 Å². The molecule has 14 nitrogen and oxygen atoms in total. The molecule has 0 atom stereocenters. The minimum atomic E-state index is -3.93. The Hall–Kier alpha value is -5.93. The summed E-state index contributed by atoms with van der Waals surface area (Å²) < 4.78 is 28.0. The van der Waals surface area contributed by atoms with Crippen LogP contribution < -0.4 is 20.3 Å². The third-order valence-corrected chi connectivity index (χ3v) is 9.72. The first-order valence-electron chi connectivity index (χ1n) is 15.3. The summed E-state index contributed by atoms with van der Waals surface area (Å²) in [5, 5.41) is 20.0. The van der Waals surface area contributed by atoms with Crippen molar-refractivity contribution in [1.29, 1.82) is 0 Å². The monoisotopic (exact) mass is 674 g/mol. The molecule has 0 unspecified atom stereocenters. The minimum Gasteiger partial charge on any atom is -0.329 e. The van der Waals surface area contributed by atoms with Crippen molar-refractivity contribution in [2.75, 3.05) is 22.2 Å². The molecular weight excluding hydrogens is 641 g/mol. The van der Waals surface area contributed by atoms with Crippen LogP contribution in [0.2, 0.25) is 0 Å². The van der Waals surface area contributed by atoms with Crippen molar-refractivity contribution >= 4 is 72.4 Å². The molecule has 0 saturated carbocycles. The van der Waals surface area contributed by atoms with Crippen LogP contribution in [0.4, 0.5) is 40.6 Å². The Bertz CT molecular complexity index is 2510. The predicted octanol–water partition coefficient (Wildman–Crippen LogP) is 5.59. The number of fused-ring (bicyclic) bond motifs is 2. The van der Waals surface area contributed by atoms with Gasteiger partial charge < -0.3 is 10.2 Å². The van der Waals surface area contributed by atoms with Crippen LogP contribution in [-0.4, -0.2) is 55.0 Å². The summed E-state index contributed by atoms with van der Waals surface area (Å²) in [5.74, 6) is 1.71. The summed E-state index contributed by atoms with van der Waals surface area (Å²) in [4.78, 5) is 22.7. The van der Waals surface area contributed by atoms with Gasteiger partial charge in [0, 0.05) is 73.1 Å². The van der Waals surface area contributed by atoms with E-state index < -0.39 is 10.0 Å². The minimum absolute atomic E-state index is 0.0147. The van der Waals surface area contributed by atoms with Crippen molar-refractivity contribution in [1.82, 2.24) is 39.5 Å². The molecule has 0 radical (unpaired) electrons. The fourth-order valence-corrected chi connectivity index (χ4v) is 6.56. The van der Waals surface area contributed by atoms with E-state index in [2.05, 4.69) is 26.4 Å². The Morgan fingerprint density at radius 2 is 1.35 bits per heavy atom. The molecule has 248 valence electrons. The molecule has 0 aliphatic carbocycles. The predicted molar refractivity (Wildman–Crippen MR) is 191 cm³/mol. The van der Waals surface area contributed by atoms with Gasteiger partial charge in [-0.3, -0.25) is 14.3 Å². The Kier molecular flexibility index (Phi) is 7.72. The van der Waals surface area contributed by atoms with Gasteiger partial charge in [-0.2, -0.15) is 20.2 Å². The molecule has 0 amide bonds. The average Bonchev–Trinajstić information content (AvgIpc) is 3.53. The third kappa shape index (κ3) is 5.89. The van der Waals surface area contributed by atoms with Gasteiger partial charge in [-0.25, -0.2) is 23.5 Å². The Morgan fingerprint density at radius 1 is 0.735 bits per heavy atom. The van der Waals surface area contributed by atoms with Crippen LogP contribution in [0.25, 0.3) is 21.8 Å². The number of primary sulfonamides is 1. The largest absolute Gasteiger partial charge is 0.329 e. The molecule has 4 aromatic heterocycles. The van der Waals surface area contributed by atoms with Gasteiger partial charge in [0.15, 0.2) is 0 Å². The quantitative estimate of drug-likeness (QED) is 0.206. The van der Waals surface area contributed by atoms with Gasteiger partial charge in [-0.05, 0) is 80.9 Å². The molecule has 7 aromatic rings. The van der Waals surface area contributed by atoms with Crippen LogP contribution in [0.15, 0.2) is 84.0 Å². The smallest absolute Gasteiger partial charge is 0.238 e. The van der Waals surface area contributed by atoms with Gasteiger partial charge in [0.25, 0.3) is 0 Å². The zero-order valence-corrected chi connectivity index (χ0v) is 28.6. The number of rotatable bonds is 8. The second-order valence-corrected chi connectivity index (χ2v) is 13.3. The molecule has 3 aromatic carbocycles. The van der Waals surface area contributed by atoms with Gasteiger partial charge in [0.1, 0.15) is 11.6 Å². The van der Waals surface area contributed by atoms with E-state index in [1.807, 2.05) is 90.6 Å². The zero-order valence-electron chi connectivity index (χ0n) is 27.8. The van der Waals surface area contributed by atoms with E-state index in [0.717, 1.165) is 44.6 Å². The molecular formula is C34H34N12O2S. The summed E-state index contributed by atoms with van der Waals surface area (Å²) in [6, 6.07) is 20.6. The van der Waals surface area contributed by atoms with E-state index in [1.165, 1.54) is 6.07 Å². The van der Waals surface area contributed by atoms with Gasteiger partial charge in [0.05, 0.1) is 21.6 Å². The number of anilines is 7. The van der Waals surface area contributed by atoms with Gasteiger partial charge in [-0.1, -0.05) is 6.07 Å². The molecule has 15 heteroatoms. The van der Waals surface area contributed by atoms with E-state index in [0.29, 0.717) is 28.8 Å². The molecule has 7 rings (SSSR count). The van der Waals surface area contributed by atoms with Crippen LogP contribution >= 0.6 is 0 Å². The van der Waals surface area contributed by atoms with E-state index in [4.69, 9.17) is 20.2 Å². The van der Waals surface area contributed by atoms with Gasteiger partial charge in [0.2, 0.25) is 21.9 Å². The number of hydrogen-bond donors (Lipinski definition) is 2. The maximum absolute atomic E-state index is 12.2. The highest BCUT2D eigenvalue weighted by Gasteiger charge is 2.21.